The van der Waals surface area contributed by atoms with E-state index in [4.69, 9.17) is 0 Å². The number of hydrogen-bond donors (Lipinski definition) is 0. The maximum Gasteiger partial charge on any atom is -0.0199 e. The lowest BCUT2D eigenvalue weighted by Gasteiger charge is -2.15. The Morgan fingerprint density at radius 2 is 2.11 bits per heavy atom. The van der Waals surface area contributed by atoms with Crippen LogP contribution in [0.15, 0.2) is 12.2 Å². The molecular formula is C9H12. The standard InChI is InChI=1S/C9H12/c1-2-6-4-7(3-1)9-5-8(6)9/h1-2,6-9H,3-5H2. The van der Waals surface area contributed by atoms with E-state index in [9.17, 15) is 0 Å². The number of rotatable bonds is 0. The highest BCUT2D eigenvalue weighted by atomic mass is 14.6. The van der Waals surface area contributed by atoms with Gasteiger partial charge >= 0.3 is 0 Å². The van der Waals surface area contributed by atoms with Crippen molar-refractivity contribution in [2.24, 2.45) is 23.7 Å². The predicted octanol–water partition coefficient (Wildman–Crippen LogP) is 2.22. The van der Waals surface area contributed by atoms with Crippen molar-refractivity contribution < 1.29 is 0 Å². The van der Waals surface area contributed by atoms with E-state index in [1.54, 1.807) is 6.42 Å². The Morgan fingerprint density at radius 3 is 2.89 bits per heavy atom. The van der Waals surface area contributed by atoms with Crippen LogP contribution >= 0.6 is 0 Å². The average molecular weight is 120 g/mol. The zero-order valence-corrected chi connectivity index (χ0v) is 5.59. The lowest BCUT2D eigenvalue weighted by molar-refractivity contribution is 0.439. The Bertz CT molecular complexity index is 169. The molecule has 0 N–H and O–H groups in total. The van der Waals surface area contributed by atoms with Gasteiger partial charge in [0, 0.05) is 0 Å². The molecule has 0 aromatic heterocycles. The topological polar surface area (TPSA) is 0 Å². The van der Waals surface area contributed by atoms with E-state index in [1.807, 2.05) is 0 Å². The SMILES string of the molecule is C1=CC2CC(C1)C1CC21. The van der Waals surface area contributed by atoms with E-state index in [-0.39, 0.29) is 0 Å². The van der Waals surface area contributed by atoms with Crippen LogP contribution in [0.1, 0.15) is 19.3 Å². The molecule has 3 aliphatic carbocycles. The predicted molar refractivity (Wildman–Crippen MR) is 37.0 cm³/mol. The number of hydrogen-bond acceptors (Lipinski definition) is 0. The van der Waals surface area contributed by atoms with Crippen molar-refractivity contribution in [3.05, 3.63) is 12.2 Å². The molecule has 4 unspecified atom stereocenters. The van der Waals surface area contributed by atoms with Crippen LogP contribution in [0, 0.1) is 23.7 Å². The molecule has 0 aromatic carbocycles. The highest BCUT2D eigenvalue weighted by molar-refractivity contribution is 5.14. The number of fused-ring (bicyclic) bond motifs is 5. The van der Waals surface area contributed by atoms with Gasteiger partial charge in [-0.25, -0.2) is 0 Å². The fraction of sp³-hybridized carbons (Fsp3) is 0.778. The first kappa shape index (κ1) is 4.54. The summed E-state index contributed by atoms with van der Waals surface area (Å²) in [4.78, 5) is 0. The molecule has 0 aliphatic heterocycles. The third kappa shape index (κ3) is 0.452. The second kappa shape index (κ2) is 1.25. The third-order valence-corrected chi connectivity index (χ3v) is 3.44. The van der Waals surface area contributed by atoms with E-state index < -0.39 is 0 Å². The Hall–Kier alpha value is -0.260. The van der Waals surface area contributed by atoms with E-state index in [0.717, 1.165) is 17.8 Å². The Kier molecular flexibility index (Phi) is 0.633. The molecule has 0 nitrogen and oxygen atoms in total. The lowest BCUT2D eigenvalue weighted by Crippen LogP contribution is -2.04. The molecule has 0 saturated heterocycles. The minimum atomic E-state index is 1.02. The molecule has 0 aromatic rings. The quantitative estimate of drug-likeness (QED) is 0.430. The average Bonchev–Trinajstić information content (AvgIpc) is 2.62. The van der Waals surface area contributed by atoms with Crippen LogP contribution in [0.2, 0.25) is 0 Å². The molecule has 48 valence electrons. The Morgan fingerprint density at radius 1 is 1.11 bits per heavy atom. The van der Waals surface area contributed by atoms with Crippen molar-refractivity contribution in [1.29, 1.82) is 0 Å². The molecule has 0 spiro atoms. The fourth-order valence-corrected chi connectivity index (χ4v) is 2.89. The maximum atomic E-state index is 2.47. The summed E-state index contributed by atoms with van der Waals surface area (Å²) in [6, 6.07) is 0. The van der Waals surface area contributed by atoms with E-state index in [2.05, 4.69) is 12.2 Å². The van der Waals surface area contributed by atoms with Crippen molar-refractivity contribution >= 4 is 0 Å². The van der Waals surface area contributed by atoms with Gasteiger partial charge in [-0.2, -0.15) is 0 Å². The zero-order chi connectivity index (χ0) is 5.84. The summed E-state index contributed by atoms with van der Waals surface area (Å²) in [7, 11) is 0. The van der Waals surface area contributed by atoms with Crippen molar-refractivity contribution in [2.75, 3.05) is 0 Å². The van der Waals surface area contributed by atoms with Crippen molar-refractivity contribution in [1.82, 2.24) is 0 Å². The van der Waals surface area contributed by atoms with E-state index in [1.165, 1.54) is 18.8 Å². The van der Waals surface area contributed by atoms with Gasteiger partial charge in [0.25, 0.3) is 0 Å². The molecule has 4 atom stereocenters. The summed E-state index contributed by atoms with van der Waals surface area (Å²) in [6.45, 7) is 0. The summed E-state index contributed by atoms with van der Waals surface area (Å²) in [5, 5.41) is 0. The van der Waals surface area contributed by atoms with Gasteiger partial charge in [0.2, 0.25) is 0 Å². The first-order valence-electron chi connectivity index (χ1n) is 4.12. The zero-order valence-electron chi connectivity index (χ0n) is 5.59. The van der Waals surface area contributed by atoms with Gasteiger partial charge in [-0.3, -0.25) is 0 Å². The molecule has 9 heavy (non-hydrogen) atoms. The molecule has 0 heterocycles. The van der Waals surface area contributed by atoms with Crippen LogP contribution in [0.4, 0.5) is 0 Å². The second-order valence-electron chi connectivity index (χ2n) is 3.89. The summed E-state index contributed by atoms with van der Waals surface area (Å²) in [6.07, 6.45) is 9.38. The molecular weight excluding hydrogens is 108 g/mol. The van der Waals surface area contributed by atoms with Gasteiger partial charge in [-0.15, -0.1) is 0 Å². The smallest absolute Gasteiger partial charge is 0.0199 e. The highest BCUT2D eigenvalue weighted by Gasteiger charge is 2.53. The van der Waals surface area contributed by atoms with E-state index in [0.29, 0.717) is 0 Å². The van der Waals surface area contributed by atoms with Gasteiger partial charge in [0.05, 0.1) is 0 Å². The summed E-state index contributed by atoms with van der Waals surface area (Å²) < 4.78 is 0. The van der Waals surface area contributed by atoms with Crippen molar-refractivity contribution in [2.45, 2.75) is 19.3 Å². The first-order chi connectivity index (χ1) is 4.45. The first-order valence-corrected chi connectivity index (χ1v) is 4.12. The van der Waals surface area contributed by atoms with Crippen LogP contribution in [0.3, 0.4) is 0 Å². The van der Waals surface area contributed by atoms with Gasteiger partial charge in [0.15, 0.2) is 0 Å². The van der Waals surface area contributed by atoms with Crippen LogP contribution in [0.25, 0.3) is 0 Å². The molecule has 3 aliphatic rings. The summed E-state index contributed by atoms with van der Waals surface area (Å²) in [5.74, 6) is 4.46. The largest absolute Gasteiger partial charge is 0.0880 e. The summed E-state index contributed by atoms with van der Waals surface area (Å²) >= 11 is 0. The van der Waals surface area contributed by atoms with Gasteiger partial charge < -0.3 is 0 Å². The van der Waals surface area contributed by atoms with Gasteiger partial charge in [-0.1, -0.05) is 12.2 Å². The molecule has 2 saturated carbocycles. The molecule has 0 heteroatoms. The highest BCUT2D eigenvalue weighted by Crippen LogP contribution is 2.61. The Balaban J connectivity index is 2.02. The summed E-state index contributed by atoms with van der Waals surface area (Å²) in [5.41, 5.74) is 0. The van der Waals surface area contributed by atoms with Crippen molar-refractivity contribution in [3.8, 4) is 0 Å². The molecule has 2 bridgehead atoms. The van der Waals surface area contributed by atoms with Gasteiger partial charge in [0.1, 0.15) is 0 Å². The normalized spacial score (nSPS) is 59.6. The lowest BCUT2D eigenvalue weighted by atomic mass is 9.90. The van der Waals surface area contributed by atoms with Crippen LogP contribution < -0.4 is 0 Å². The van der Waals surface area contributed by atoms with Crippen LogP contribution in [-0.4, -0.2) is 0 Å². The maximum absolute atomic E-state index is 2.47. The number of allylic oxidation sites excluding steroid dienone is 2. The molecule has 0 amide bonds. The fourth-order valence-electron chi connectivity index (χ4n) is 2.89. The third-order valence-electron chi connectivity index (χ3n) is 3.44. The minimum absolute atomic E-state index is 1.02. The van der Waals surface area contributed by atoms with Gasteiger partial charge in [-0.05, 0) is 42.9 Å². The van der Waals surface area contributed by atoms with Crippen LogP contribution in [0.5, 0.6) is 0 Å². The molecule has 0 radical (unpaired) electrons. The minimum Gasteiger partial charge on any atom is -0.0880 e. The van der Waals surface area contributed by atoms with Crippen LogP contribution in [-0.2, 0) is 0 Å². The van der Waals surface area contributed by atoms with Crippen molar-refractivity contribution in [3.63, 3.8) is 0 Å². The second-order valence-corrected chi connectivity index (χ2v) is 3.89. The monoisotopic (exact) mass is 120 g/mol. The molecule has 3 rings (SSSR count). The van der Waals surface area contributed by atoms with E-state index >= 15 is 0 Å². The Labute approximate surface area is 56.0 Å². The molecule has 2 fully saturated rings.